The van der Waals surface area contributed by atoms with Crippen LogP contribution in [-0.2, 0) is 0 Å². The van der Waals surface area contributed by atoms with Gasteiger partial charge in [-0.05, 0) is 34.0 Å². The van der Waals surface area contributed by atoms with Crippen LogP contribution in [0.2, 0.25) is 19.1 Å². The molecule has 0 unspecified atom stereocenters. The van der Waals surface area contributed by atoms with Crippen molar-refractivity contribution in [1.29, 1.82) is 0 Å². The second kappa shape index (κ2) is 6.51. The van der Waals surface area contributed by atoms with Crippen molar-refractivity contribution in [3.8, 4) is 0 Å². The molecular weight excluding hydrogens is 299 g/mol. The Hall–Kier alpha value is -2.19. The van der Waals surface area contributed by atoms with E-state index in [4.69, 9.17) is 0 Å². The summed E-state index contributed by atoms with van der Waals surface area (Å²) in [6.45, 7) is 4.60. The lowest BCUT2D eigenvalue weighted by molar-refractivity contribution is 0.723. The molecular formula is C21H21FSi. The quantitative estimate of drug-likeness (QED) is 0.536. The number of benzene rings is 3. The highest BCUT2D eigenvalue weighted by Crippen LogP contribution is 2.28. The molecule has 0 nitrogen and oxygen atoms in total. The topological polar surface area (TPSA) is 0 Å². The van der Waals surface area contributed by atoms with Gasteiger partial charge in [-0.1, -0.05) is 85.0 Å². The van der Waals surface area contributed by atoms with Gasteiger partial charge in [0, 0.05) is 0 Å². The zero-order chi connectivity index (χ0) is 16.3. The Morgan fingerprint density at radius 3 is 2.22 bits per heavy atom. The first-order valence-electron chi connectivity index (χ1n) is 7.94. The lowest BCUT2D eigenvalue weighted by Crippen LogP contribution is -2.41. The Balaban J connectivity index is 1.93. The van der Waals surface area contributed by atoms with E-state index in [0.29, 0.717) is 0 Å². The van der Waals surface area contributed by atoms with Crippen LogP contribution < -0.4 is 5.19 Å². The van der Waals surface area contributed by atoms with Gasteiger partial charge in [-0.25, -0.2) is 4.39 Å². The molecule has 0 fully saturated rings. The third kappa shape index (κ3) is 3.43. The average molecular weight is 320 g/mol. The molecule has 0 spiro atoms. The van der Waals surface area contributed by atoms with Gasteiger partial charge >= 0.3 is 0 Å². The molecule has 0 saturated carbocycles. The summed E-state index contributed by atoms with van der Waals surface area (Å²) in [7, 11) is -1.72. The van der Waals surface area contributed by atoms with Crippen molar-refractivity contribution in [3.05, 3.63) is 84.7 Å². The Kier molecular flexibility index (Phi) is 4.44. The van der Waals surface area contributed by atoms with Crippen molar-refractivity contribution in [2.24, 2.45) is 0 Å². The Bertz CT molecular complexity index is 835. The third-order valence-electron chi connectivity index (χ3n) is 4.44. The van der Waals surface area contributed by atoms with E-state index in [1.165, 1.54) is 10.6 Å². The Morgan fingerprint density at radius 2 is 1.52 bits per heavy atom. The van der Waals surface area contributed by atoms with Crippen LogP contribution >= 0.6 is 0 Å². The minimum absolute atomic E-state index is 0.793. The molecule has 0 atom stereocenters. The predicted molar refractivity (Wildman–Crippen MR) is 101 cm³/mol. The number of fused-ring (bicyclic) bond motifs is 1. The number of hydrogen-bond donors (Lipinski definition) is 0. The Morgan fingerprint density at radius 1 is 0.870 bits per heavy atom. The van der Waals surface area contributed by atoms with E-state index in [0.717, 1.165) is 28.9 Å². The molecule has 3 aromatic carbocycles. The lowest BCUT2D eigenvalue weighted by Gasteiger charge is -2.24. The summed E-state index contributed by atoms with van der Waals surface area (Å²) < 4.78 is 13.6. The van der Waals surface area contributed by atoms with Crippen molar-refractivity contribution in [2.75, 3.05) is 0 Å². The van der Waals surface area contributed by atoms with Gasteiger partial charge in [0.25, 0.3) is 0 Å². The molecule has 0 aliphatic heterocycles. The van der Waals surface area contributed by atoms with Gasteiger partial charge in [0.05, 0.1) is 14.4 Å². The van der Waals surface area contributed by atoms with E-state index in [9.17, 15) is 4.39 Å². The molecule has 0 amide bonds. The molecule has 0 N–H and O–H groups in total. The summed E-state index contributed by atoms with van der Waals surface area (Å²) in [5, 5.41) is 3.71. The van der Waals surface area contributed by atoms with Crippen molar-refractivity contribution in [3.63, 3.8) is 0 Å². The van der Waals surface area contributed by atoms with Gasteiger partial charge < -0.3 is 0 Å². The highest BCUT2D eigenvalue weighted by atomic mass is 28.3. The van der Waals surface area contributed by atoms with Gasteiger partial charge in [0.2, 0.25) is 0 Å². The van der Waals surface area contributed by atoms with E-state index >= 15 is 0 Å². The summed E-state index contributed by atoms with van der Waals surface area (Å²) in [6, 6.07) is 25.7. The van der Waals surface area contributed by atoms with Gasteiger partial charge in [0.15, 0.2) is 0 Å². The van der Waals surface area contributed by atoms with Crippen molar-refractivity contribution < 1.29 is 4.39 Å². The van der Waals surface area contributed by atoms with Crippen LogP contribution in [-0.4, -0.2) is 8.07 Å². The van der Waals surface area contributed by atoms with E-state index in [2.05, 4.69) is 61.6 Å². The molecule has 0 saturated heterocycles. The smallest absolute Gasteiger partial charge is 0.0902 e. The lowest BCUT2D eigenvalue weighted by atomic mass is 10.0. The Labute approximate surface area is 138 Å². The summed E-state index contributed by atoms with van der Waals surface area (Å²) >= 11 is 0. The average Bonchev–Trinajstić information content (AvgIpc) is 2.60. The number of hydrogen-bond acceptors (Lipinski definition) is 0. The first kappa shape index (κ1) is 15.7. The molecule has 116 valence electrons. The number of halogens is 1. The first-order valence-corrected chi connectivity index (χ1v) is 11.1. The monoisotopic (exact) mass is 320 g/mol. The van der Waals surface area contributed by atoms with E-state index < -0.39 is 8.07 Å². The normalized spacial score (nSPS) is 12.6. The van der Waals surface area contributed by atoms with E-state index in [-0.39, 0.29) is 0 Å². The summed E-state index contributed by atoms with van der Waals surface area (Å²) in [4.78, 5) is 0. The SMILES string of the molecule is C[Si](C)(C/C(=C\F)c1ccc2ccccc2c1)c1ccccc1. The summed E-state index contributed by atoms with van der Waals surface area (Å²) in [5.41, 5.74) is 1.79. The predicted octanol–water partition coefficient (Wildman–Crippen LogP) is 5.77. The molecule has 3 rings (SSSR count). The summed E-state index contributed by atoms with van der Waals surface area (Å²) in [5.74, 6) is 0. The molecule has 3 aromatic rings. The maximum absolute atomic E-state index is 13.6. The second-order valence-corrected chi connectivity index (χ2v) is 11.3. The molecule has 2 heteroatoms. The van der Waals surface area contributed by atoms with Crippen LogP contribution in [0, 0.1) is 0 Å². The second-order valence-electron chi connectivity index (χ2n) is 6.62. The summed E-state index contributed by atoms with van der Waals surface area (Å²) in [6.07, 6.45) is 0.793. The zero-order valence-corrected chi connectivity index (χ0v) is 14.6. The zero-order valence-electron chi connectivity index (χ0n) is 13.6. The molecule has 0 aliphatic carbocycles. The number of rotatable bonds is 4. The first-order chi connectivity index (χ1) is 11.1. The largest absolute Gasteiger partial charge is 0.215 e. The van der Waals surface area contributed by atoms with Crippen LogP contribution in [0.15, 0.2) is 79.1 Å². The molecule has 0 heterocycles. The van der Waals surface area contributed by atoms with Gasteiger partial charge in [-0.3, -0.25) is 0 Å². The highest BCUT2D eigenvalue weighted by Gasteiger charge is 2.25. The van der Waals surface area contributed by atoms with E-state index in [1.807, 2.05) is 24.3 Å². The van der Waals surface area contributed by atoms with Crippen LogP contribution in [0.4, 0.5) is 4.39 Å². The van der Waals surface area contributed by atoms with Crippen LogP contribution in [0.5, 0.6) is 0 Å². The van der Waals surface area contributed by atoms with Gasteiger partial charge in [-0.15, -0.1) is 0 Å². The standard InChI is InChI=1S/C21H21FSi/c1-23(2,21-10-4-3-5-11-21)16-20(15-22)19-13-12-17-8-6-7-9-18(17)14-19/h3-15H,16H2,1-2H3/b20-15+. The maximum atomic E-state index is 13.6. The van der Waals surface area contributed by atoms with Crippen molar-refractivity contribution in [1.82, 2.24) is 0 Å². The van der Waals surface area contributed by atoms with Crippen LogP contribution in [0.1, 0.15) is 5.56 Å². The molecule has 0 bridgehead atoms. The van der Waals surface area contributed by atoms with Crippen LogP contribution in [0.3, 0.4) is 0 Å². The fourth-order valence-electron chi connectivity index (χ4n) is 3.06. The fraction of sp³-hybridized carbons (Fsp3) is 0.143. The van der Waals surface area contributed by atoms with Gasteiger partial charge in [0.1, 0.15) is 0 Å². The van der Waals surface area contributed by atoms with Crippen molar-refractivity contribution in [2.45, 2.75) is 19.1 Å². The van der Waals surface area contributed by atoms with Crippen LogP contribution in [0.25, 0.3) is 16.3 Å². The minimum atomic E-state index is -1.72. The molecule has 23 heavy (non-hydrogen) atoms. The molecule has 0 aromatic heterocycles. The molecule has 0 radical (unpaired) electrons. The van der Waals surface area contributed by atoms with Crippen molar-refractivity contribution >= 4 is 29.6 Å². The molecule has 0 aliphatic rings. The van der Waals surface area contributed by atoms with Gasteiger partial charge in [-0.2, -0.15) is 0 Å². The fourth-order valence-corrected chi connectivity index (χ4v) is 5.59. The highest BCUT2D eigenvalue weighted by molar-refractivity contribution is 6.91. The number of allylic oxidation sites excluding steroid dienone is 1. The van der Waals surface area contributed by atoms with E-state index in [1.54, 1.807) is 0 Å². The maximum Gasteiger partial charge on any atom is 0.0902 e. The third-order valence-corrected chi connectivity index (χ3v) is 7.60. The minimum Gasteiger partial charge on any atom is -0.215 e.